The maximum absolute atomic E-state index is 12.5. The summed E-state index contributed by atoms with van der Waals surface area (Å²) in [6.07, 6.45) is 2.25. The van der Waals surface area contributed by atoms with Gasteiger partial charge in [-0.15, -0.1) is 0 Å². The van der Waals surface area contributed by atoms with Crippen LogP contribution in [-0.4, -0.2) is 51.4 Å². The summed E-state index contributed by atoms with van der Waals surface area (Å²) in [5.41, 5.74) is 2.95. The topological polar surface area (TPSA) is 96.3 Å². The molecule has 1 saturated heterocycles. The van der Waals surface area contributed by atoms with E-state index in [4.69, 9.17) is 0 Å². The second-order valence-electron chi connectivity index (χ2n) is 7.21. The van der Waals surface area contributed by atoms with Gasteiger partial charge >= 0.3 is 6.03 Å². The van der Waals surface area contributed by atoms with E-state index in [0.717, 1.165) is 16.6 Å². The quantitative estimate of drug-likeness (QED) is 0.558. The normalized spacial score (nSPS) is 16.1. The molecule has 1 aromatic heterocycles. The fraction of sp³-hybridized carbons (Fsp3) is 0.273. The lowest BCUT2D eigenvalue weighted by atomic mass is 10.1. The summed E-state index contributed by atoms with van der Waals surface area (Å²) in [6, 6.07) is 16.2. The molecule has 1 fully saturated rings. The van der Waals surface area contributed by atoms with Crippen LogP contribution in [0.3, 0.4) is 0 Å². The van der Waals surface area contributed by atoms with Gasteiger partial charge < -0.3 is 15.2 Å². The van der Waals surface area contributed by atoms with E-state index in [1.807, 2.05) is 59.2 Å². The van der Waals surface area contributed by atoms with Crippen molar-refractivity contribution in [3.05, 3.63) is 66.5 Å². The standard InChI is InChI=1S/C22H23N5O3/c28-20(23-11-13-26-15-24-17-8-4-5-9-19(17)26)14-18-21(29)27(22(30)25-18)12-10-16-6-2-1-3-7-16/h1-9,15,18H,10-14H2,(H,23,28)(H,25,30)/t18-/m1/s1. The van der Waals surface area contributed by atoms with Gasteiger partial charge in [-0.2, -0.15) is 0 Å². The zero-order valence-electron chi connectivity index (χ0n) is 16.5. The molecule has 4 amide bonds. The summed E-state index contributed by atoms with van der Waals surface area (Å²) in [5.74, 6) is -0.630. The lowest BCUT2D eigenvalue weighted by Crippen LogP contribution is -2.37. The lowest BCUT2D eigenvalue weighted by molar-refractivity contribution is -0.130. The SMILES string of the molecule is O=C(C[C@H]1NC(=O)N(CCc2ccccc2)C1=O)NCCn1cnc2ccccc21. The van der Waals surface area contributed by atoms with Crippen LogP contribution in [-0.2, 0) is 22.6 Å². The molecule has 2 aromatic carbocycles. The average Bonchev–Trinajstić information content (AvgIpc) is 3.28. The molecule has 0 unspecified atom stereocenters. The van der Waals surface area contributed by atoms with Crippen molar-refractivity contribution in [2.24, 2.45) is 0 Å². The van der Waals surface area contributed by atoms with Gasteiger partial charge in [-0.05, 0) is 24.1 Å². The van der Waals surface area contributed by atoms with Gasteiger partial charge in [0.15, 0.2) is 0 Å². The molecule has 30 heavy (non-hydrogen) atoms. The Morgan fingerprint density at radius 1 is 1.03 bits per heavy atom. The van der Waals surface area contributed by atoms with Gasteiger partial charge in [0.1, 0.15) is 6.04 Å². The van der Waals surface area contributed by atoms with Gasteiger partial charge in [-0.25, -0.2) is 9.78 Å². The molecule has 0 radical (unpaired) electrons. The molecule has 2 N–H and O–H groups in total. The van der Waals surface area contributed by atoms with Gasteiger partial charge in [0.25, 0.3) is 5.91 Å². The van der Waals surface area contributed by atoms with Crippen molar-refractivity contribution in [1.29, 1.82) is 0 Å². The summed E-state index contributed by atoms with van der Waals surface area (Å²) < 4.78 is 1.96. The van der Waals surface area contributed by atoms with Gasteiger partial charge in [0, 0.05) is 19.6 Å². The molecule has 0 spiro atoms. The maximum atomic E-state index is 12.5. The third kappa shape index (κ3) is 4.32. The number of nitrogens with zero attached hydrogens (tertiary/aromatic N) is 3. The first kappa shape index (κ1) is 19.6. The lowest BCUT2D eigenvalue weighted by Gasteiger charge is -2.13. The summed E-state index contributed by atoms with van der Waals surface area (Å²) >= 11 is 0. The molecule has 1 atom stereocenters. The minimum atomic E-state index is -0.817. The Labute approximate surface area is 173 Å². The van der Waals surface area contributed by atoms with Crippen molar-refractivity contribution in [3.63, 3.8) is 0 Å². The van der Waals surface area contributed by atoms with Crippen LogP contribution in [0.25, 0.3) is 11.0 Å². The molecule has 4 rings (SSSR count). The Balaban J connectivity index is 1.25. The fourth-order valence-electron chi connectivity index (χ4n) is 3.57. The van der Waals surface area contributed by atoms with Gasteiger partial charge in [-0.1, -0.05) is 42.5 Å². The zero-order chi connectivity index (χ0) is 20.9. The molecule has 8 heteroatoms. The molecule has 1 aliphatic rings. The minimum absolute atomic E-state index is 0.0723. The van der Waals surface area contributed by atoms with E-state index in [1.165, 1.54) is 4.90 Å². The number of imide groups is 1. The van der Waals surface area contributed by atoms with E-state index in [0.29, 0.717) is 26.1 Å². The van der Waals surface area contributed by atoms with Crippen LogP contribution in [0.4, 0.5) is 4.79 Å². The third-order valence-electron chi connectivity index (χ3n) is 5.17. The van der Waals surface area contributed by atoms with Crippen LogP contribution in [0.5, 0.6) is 0 Å². The third-order valence-corrected chi connectivity index (χ3v) is 5.17. The number of rotatable bonds is 8. The Kier molecular flexibility index (Phi) is 5.74. The Bertz CT molecular complexity index is 1060. The predicted molar refractivity (Wildman–Crippen MR) is 112 cm³/mol. The first-order valence-corrected chi connectivity index (χ1v) is 9.94. The summed E-state index contributed by atoms with van der Waals surface area (Å²) in [7, 11) is 0. The number of hydrogen-bond donors (Lipinski definition) is 2. The number of carbonyl (C=O) groups is 3. The van der Waals surface area contributed by atoms with Gasteiger partial charge in [0.05, 0.1) is 23.8 Å². The highest BCUT2D eigenvalue weighted by molar-refractivity contribution is 6.05. The predicted octanol–water partition coefficient (Wildman–Crippen LogP) is 1.71. The number of hydrogen-bond acceptors (Lipinski definition) is 4. The Morgan fingerprint density at radius 3 is 2.63 bits per heavy atom. The van der Waals surface area contributed by atoms with E-state index in [2.05, 4.69) is 15.6 Å². The number of aromatic nitrogens is 2. The second kappa shape index (κ2) is 8.77. The molecule has 0 aliphatic carbocycles. The van der Waals surface area contributed by atoms with Crippen LogP contribution in [0.2, 0.25) is 0 Å². The molecular formula is C22H23N5O3. The first-order chi connectivity index (χ1) is 14.6. The van der Waals surface area contributed by atoms with Crippen LogP contribution in [0.1, 0.15) is 12.0 Å². The highest BCUT2D eigenvalue weighted by atomic mass is 16.2. The number of imidazole rings is 1. The smallest absolute Gasteiger partial charge is 0.324 e. The van der Waals surface area contributed by atoms with Crippen LogP contribution < -0.4 is 10.6 Å². The fourth-order valence-corrected chi connectivity index (χ4v) is 3.57. The number of carbonyl (C=O) groups excluding carboxylic acids is 3. The Hall–Kier alpha value is -3.68. The molecule has 154 valence electrons. The van der Waals surface area contributed by atoms with E-state index in [9.17, 15) is 14.4 Å². The largest absolute Gasteiger partial charge is 0.354 e. The first-order valence-electron chi connectivity index (χ1n) is 9.94. The number of para-hydroxylation sites is 2. The molecular weight excluding hydrogens is 382 g/mol. The van der Waals surface area contributed by atoms with E-state index in [1.54, 1.807) is 6.33 Å². The Morgan fingerprint density at radius 2 is 1.80 bits per heavy atom. The number of benzene rings is 2. The van der Waals surface area contributed by atoms with Crippen molar-refractivity contribution in [2.75, 3.05) is 13.1 Å². The van der Waals surface area contributed by atoms with Crippen LogP contribution in [0.15, 0.2) is 60.9 Å². The van der Waals surface area contributed by atoms with E-state index < -0.39 is 12.1 Å². The highest BCUT2D eigenvalue weighted by Crippen LogP contribution is 2.12. The molecule has 1 aliphatic heterocycles. The highest BCUT2D eigenvalue weighted by Gasteiger charge is 2.38. The van der Waals surface area contributed by atoms with Crippen molar-refractivity contribution < 1.29 is 14.4 Å². The number of urea groups is 1. The van der Waals surface area contributed by atoms with Crippen LogP contribution >= 0.6 is 0 Å². The summed E-state index contributed by atoms with van der Waals surface area (Å²) in [4.78, 5) is 42.4. The van der Waals surface area contributed by atoms with Gasteiger partial charge in [0.2, 0.25) is 5.91 Å². The molecule has 0 saturated carbocycles. The number of nitrogens with one attached hydrogen (secondary N) is 2. The second-order valence-corrected chi connectivity index (χ2v) is 7.21. The maximum Gasteiger partial charge on any atom is 0.324 e. The summed E-state index contributed by atoms with van der Waals surface area (Å²) in [6.45, 7) is 1.27. The van der Waals surface area contributed by atoms with Crippen molar-refractivity contribution in [2.45, 2.75) is 25.4 Å². The molecule has 8 nitrogen and oxygen atoms in total. The average molecular weight is 405 g/mol. The molecule has 2 heterocycles. The van der Waals surface area contributed by atoms with Crippen molar-refractivity contribution >= 4 is 28.9 Å². The van der Waals surface area contributed by atoms with Crippen molar-refractivity contribution in [3.8, 4) is 0 Å². The van der Waals surface area contributed by atoms with E-state index >= 15 is 0 Å². The summed E-state index contributed by atoms with van der Waals surface area (Å²) in [5, 5.41) is 5.42. The van der Waals surface area contributed by atoms with E-state index in [-0.39, 0.29) is 18.2 Å². The van der Waals surface area contributed by atoms with Gasteiger partial charge in [-0.3, -0.25) is 14.5 Å². The monoisotopic (exact) mass is 405 g/mol. The number of amides is 4. The zero-order valence-corrected chi connectivity index (χ0v) is 16.5. The number of fused-ring (bicyclic) bond motifs is 1. The van der Waals surface area contributed by atoms with Crippen molar-refractivity contribution in [1.82, 2.24) is 25.1 Å². The minimum Gasteiger partial charge on any atom is -0.354 e. The molecule has 0 bridgehead atoms. The molecule has 3 aromatic rings. The van der Waals surface area contributed by atoms with Crippen LogP contribution in [0, 0.1) is 0 Å².